The minimum absolute atomic E-state index is 0.110. The smallest absolute Gasteiger partial charge is 0.287 e. The van der Waals surface area contributed by atoms with Crippen molar-refractivity contribution in [2.24, 2.45) is 0 Å². The van der Waals surface area contributed by atoms with Crippen LogP contribution in [0.2, 0.25) is 0 Å². The van der Waals surface area contributed by atoms with Crippen LogP contribution in [-0.2, 0) is 11.2 Å². The molecule has 4 rings (SSSR count). The molecule has 0 bridgehead atoms. The van der Waals surface area contributed by atoms with Gasteiger partial charge in [0.1, 0.15) is 6.04 Å². The van der Waals surface area contributed by atoms with Crippen molar-refractivity contribution in [3.05, 3.63) is 89.4 Å². The number of carbonyl (C=O) groups is 2. The Bertz CT molecular complexity index is 1240. The molecule has 2 aromatic carbocycles. The minimum atomic E-state index is -0.865. The number of anilines is 1. The normalized spacial score (nSPS) is 11.6. The molecule has 1 unspecified atom stereocenters. The van der Waals surface area contributed by atoms with Gasteiger partial charge in [-0.05, 0) is 35.9 Å². The molecule has 0 fully saturated rings. The predicted molar refractivity (Wildman–Crippen MR) is 123 cm³/mol. The highest BCUT2D eigenvalue weighted by Gasteiger charge is 2.24. The van der Waals surface area contributed by atoms with Crippen LogP contribution < -0.4 is 15.4 Å². The molecule has 2 N–H and O–H groups in total. The van der Waals surface area contributed by atoms with E-state index in [1.807, 2.05) is 30.3 Å². The lowest BCUT2D eigenvalue weighted by molar-refractivity contribution is -0.118. The Morgan fingerprint density at radius 3 is 2.67 bits per heavy atom. The van der Waals surface area contributed by atoms with Gasteiger partial charge in [-0.1, -0.05) is 30.3 Å². The number of benzene rings is 2. The van der Waals surface area contributed by atoms with Gasteiger partial charge in [0.15, 0.2) is 22.5 Å². The zero-order chi connectivity index (χ0) is 23.2. The van der Waals surface area contributed by atoms with Crippen molar-refractivity contribution in [3.8, 4) is 17.0 Å². The number of aromatic nitrogens is 1. The van der Waals surface area contributed by atoms with Crippen molar-refractivity contribution in [1.82, 2.24) is 10.3 Å². The van der Waals surface area contributed by atoms with Crippen LogP contribution in [0, 0.1) is 5.82 Å². The Kier molecular flexibility index (Phi) is 6.80. The second-order valence-corrected chi connectivity index (χ2v) is 7.93. The standard InChI is InChI=1S/C24H20FN3O4S/c1-31-20-10-9-16(13-17(20)25)19-14-33-24(27-19)28-22(29)18(12-15-6-3-2-4-7-15)26-23(30)21-8-5-11-32-21/h2-11,13-14,18H,12H2,1H3,(H,26,30)(H,27,28,29). The van der Waals surface area contributed by atoms with E-state index in [0.29, 0.717) is 16.4 Å². The number of ether oxygens (including phenoxy) is 1. The average Bonchev–Trinajstić information content (AvgIpc) is 3.52. The topological polar surface area (TPSA) is 93.5 Å². The summed E-state index contributed by atoms with van der Waals surface area (Å²) in [6.07, 6.45) is 1.67. The van der Waals surface area contributed by atoms with Gasteiger partial charge < -0.3 is 19.8 Å². The SMILES string of the molecule is COc1ccc(-c2csc(NC(=O)C(Cc3ccccc3)NC(=O)c3ccco3)n2)cc1F. The van der Waals surface area contributed by atoms with Crippen LogP contribution in [0.1, 0.15) is 16.1 Å². The second-order valence-electron chi connectivity index (χ2n) is 7.07. The first-order chi connectivity index (χ1) is 16.0. The molecule has 168 valence electrons. The van der Waals surface area contributed by atoms with Crippen LogP contribution in [0.25, 0.3) is 11.3 Å². The number of thiazole rings is 1. The quantitative estimate of drug-likeness (QED) is 0.399. The first-order valence-corrected chi connectivity index (χ1v) is 10.9. The molecular weight excluding hydrogens is 445 g/mol. The Hall–Kier alpha value is -3.98. The van der Waals surface area contributed by atoms with Gasteiger partial charge >= 0.3 is 0 Å². The third-order valence-corrected chi connectivity index (χ3v) is 5.59. The van der Waals surface area contributed by atoms with E-state index in [0.717, 1.165) is 5.56 Å². The lowest BCUT2D eigenvalue weighted by Crippen LogP contribution is -2.45. The zero-order valence-electron chi connectivity index (χ0n) is 17.6. The second kappa shape index (κ2) is 10.1. The fourth-order valence-corrected chi connectivity index (χ4v) is 3.90. The summed E-state index contributed by atoms with van der Waals surface area (Å²) in [5.74, 6) is -1.18. The van der Waals surface area contributed by atoms with Gasteiger partial charge in [-0.25, -0.2) is 9.37 Å². The van der Waals surface area contributed by atoms with Crippen LogP contribution in [0.3, 0.4) is 0 Å². The fourth-order valence-electron chi connectivity index (χ4n) is 3.18. The number of hydrogen-bond acceptors (Lipinski definition) is 6. The molecule has 2 amide bonds. The maximum atomic E-state index is 14.0. The summed E-state index contributed by atoms with van der Waals surface area (Å²) in [4.78, 5) is 29.9. The summed E-state index contributed by atoms with van der Waals surface area (Å²) in [6, 6.07) is 16.1. The van der Waals surface area contributed by atoms with E-state index in [1.54, 1.807) is 17.5 Å². The maximum Gasteiger partial charge on any atom is 0.287 e. The monoisotopic (exact) mass is 465 g/mol. The summed E-state index contributed by atoms with van der Waals surface area (Å²) < 4.78 is 24.1. The predicted octanol–water partition coefficient (Wildman–Crippen LogP) is 4.53. The van der Waals surface area contributed by atoms with E-state index in [-0.39, 0.29) is 17.9 Å². The molecule has 0 aliphatic carbocycles. The Balaban J connectivity index is 1.50. The molecule has 4 aromatic rings. The lowest BCUT2D eigenvalue weighted by atomic mass is 10.1. The highest BCUT2D eigenvalue weighted by Crippen LogP contribution is 2.28. The highest BCUT2D eigenvalue weighted by molar-refractivity contribution is 7.14. The van der Waals surface area contributed by atoms with Gasteiger partial charge in [0.2, 0.25) is 5.91 Å². The Morgan fingerprint density at radius 2 is 1.97 bits per heavy atom. The molecule has 1 atom stereocenters. The molecule has 0 saturated heterocycles. The van der Waals surface area contributed by atoms with Crippen LogP contribution in [0.4, 0.5) is 9.52 Å². The number of nitrogens with one attached hydrogen (secondary N) is 2. The minimum Gasteiger partial charge on any atom is -0.494 e. The highest BCUT2D eigenvalue weighted by atomic mass is 32.1. The number of hydrogen-bond donors (Lipinski definition) is 2. The molecule has 0 aliphatic rings. The summed E-state index contributed by atoms with van der Waals surface area (Å²) in [7, 11) is 1.39. The summed E-state index contributed by atoms with van der Waals surface area (Å²) in [6.45, 7) is 0. The fraction of sp³-hybridized carbons (Fsp3) is 0.125. The largest absolute Gasteiger partial charge is 0.494 e. The van der Waals surface area contributed by atoms with Gasteiger partial charge in [0.05, 0.1) is 19.1 Å². The summed E-state index contributed by atoms with van der Waals surface area (Å²) in [5.41, 5.74) is 1.94. The van der Waals surface area contributed by atoms with Crippen LogP contribution in [-0.4, -0.2) is 29.9 Å². The van der Waals surface area contributed by atoms with E-state index in [2.05, 4.69) is 15.6 Å². The van der Waals surface area contributed by atoms with Gasteiger partial charge in [0, 0.05) is 17.4 Å². The molecule has 2 aromatic heterocycles. The number of furan rings is 1. The van der Waals surface area contributed by atoms with Gasteiger partial charge in [-0.2, -0.15) is 0 Å². The maximum absolute atomic E-state index is 14.0. The number of halogens is 1. The van der Waals surface area contributed by atoms with Crippen LogP contribution >= 0.6 is 11.3 Å². The molecule has 33 heavy (non-hydrogen) atoms. The Labute approximate surface area is 193 Å². The zero-order valence-corrected chi connectivity index (χ0v) is 18.4. The van der Waals surface area contributed by atoms with E-state index < -0.39 is 23.7 Å². The summed E-state index contributed by atoms with van der Waals surface area (Å²) >= 11 is 1.20. The third-order valence-electron chi connectivity index (χ3n) is 4.83. The number of methoxy groups -OCH3 is 1. The van der Waals surface area contributed by atoms with Gasteiger partial charge in [0.25, 0.3) is 5.91 Å². The van der Waals surface area contributed by atoms with Crippen molar-refractivity contribution in [2.75, 3.05) is 12.4 Å². The molecule has 0 spiro atoms. The number of amides is 2. The van der Waals surface area contributed by atoms with Gasteiger partial charge in [-0.15, -0.1) is 11.3 Å². The lowest BCUT2D eigenvalue weighted by Gasteiger charge is -2.17. The molecule has 7 nitrogen and oxygen atoms in total. The van der Waals surface area contributed by atoms with E-state index in [1.165, 1.54) is 42.9 Å². The Morgan fingerprint density at radius 1 is 1.15 bits per heavy atom. The van der Waals surface area contributed by atoms with Crippen molar-refractivity contribution in [2.45, 2.75) is 12.5 Å². The third kappa shape index (κ3) is 5.45. The van der Waals surface area contributed by atoms with Crippen molar-refractivity contribution in [1.29, 1.82) is 0 Å². The first kappa shape index (κ1) is 22.2. The number of nitrogens with zero attached hydrogens (tertiary/aromatic N) is 1. The van der Waals surface area contributed by atoms with E-state index >= 15 is 0 Å². The van der Waals surface area contributed by atoms with E-state index in [9.17, 15) is 14.0 Å². The molecule has 0 radical (unpaired) electrons. The molecular formula is C24H20FN3O4S. The molecule has 0 aliphatic heterocycles. The number of rotatable bonds is 8. The molecule has 2 heterocycles. The molecule has 0 saturated carbocycles. The van der Waals surface area contributed by atoms with Gasteiger partial charge in [-0.3, -0.25) is 9.59 Å². The van der Waals surface area contributed by atoms with Crippen molar-refractivity contribution >= 4 is 28.3 Å². The summed E-state index contributed by atoms with van der Waals surface area (Å²) in [5, 5.41) is 7.50. The van der Waals surface area contributed by atoms with Crippen LogP contribution in [0.15, 0.2) is 76.7 Å². The van der Waals surface area contributed by atoms with E-state index in [4.69, 9.17) is 9.15 Å². The van der Waals surface area contributed by atoms with Crippen molar-refractivity contribution < 1.29 is 23.1 Å². The molecule has 9 heteroatoms. The van der Waals surface area contributed by atoms with Crippen molar-refractivity contribution in [3.63, 3.8) is 0 Å². The first-order valence-electron chi connectivity index (χ1n) is 10.0. The number of carbonyl (C=O) groups excluding carboxylic acids is 2. The van der Waals surface area contributed by atoms with Crippen LogP contribution in [0.5, 0.6) is 5.75 Å². The average molecular weight is 466 g/mol.